The van der Waals surface area contributed by atoms with Crippen molar-refractivity contribution in [3.05, 3.63) is 54.2 Å². The molecule has 0 aliphatic carbocycles. The van der Waals surface area contributed by atoms with E-state index in [9.17, 15) is 18.3 Å². The zero-order chi connectivity index (χ0) is 19.7. The van der Waals surface area contributed by atoms with Gasteiger partial charge in [0, 0.05) is 29.6 Å². The van der Waals surface area contributed by atoms with Crippen molar-refractivity contribution in [1.82, 2.24) is 9.71 Å². The van der Waals surface area contributed by atoms with Gasteiger partial charge >= 0.3 is 5.97 Å². The monoisotopic (exact) mass is 402 g/mol. The van der Waals surface area contributed by atoms with Gasteiger partial charge in [0.15, 0.2) is 11.5 Å². The molecule has 8 nitrogen and oxygen atoms in total. The Morgan fingerprint density at radius 3 is 2.68 bits per heavy atom. The molecule has 0 amide bonds. The molecule has 1 aliphatic heterocycles. The Bertz CT molecular complexity index is 1140. The van der Waals surface area contributed by atoms with Crippen molar-refractivity contribution < 1.29 is 27.8 Å². The number of nitrogens with one attached hydrogen (secondary N) is 2. The number of aromatic amines is 1. The lowest BCUT2D eigenvalue weighted by atomic mass is 10.1. The summed E-state index contributed by atoms with van der Waals surface area (Å²) in [6.07, 6.45) is 1.70. The van der Waals surface area contributed by atoms with Crippen LogP contribution >= 0.6 is 0 Å². The highest BCUT2D eigenvalue weighted by atomic mass is 32.2. The van der Waals surface area contributed by atoms with Gasteiger partial charge in [0.25, 0.3) is 0 Å². The van der Waals surface area contributed by atoms with Crippen molar-refractivity contribution in [3.8, 4) is 11.5 Å². The number of aliphatic carboxylic acids is 1. The zero-order valence-electron chi connectivity index (χ0n) is 14.7. The van der Waals surface area contributed by atoms with E-state index in [-0.39, 0.29) is 11.3 Å². The molecule has 1 aliphatic rings. The molecule has 1 aromatic heterocycles. The zero-order valence-corrected chi connectivity index (χ0v) is 15.5. The number of para-hydroxylation sites is 1. The van der Waals surface area contributed by atoms with Gasteiger partial charge in [-0.3, -0.25) is 4.79 Å². The Morgan fingerprint density at radius 2 is 1.89 bits per heavy atom. The van der Waals surface area contributed by atoms with Crippen LogP contribution in [-0.2, 0) is 21.2 Å². The van der Waals surface area contributed by atoms with Gasteiger partial charge in [-0.1, -0.05) is 18.2 Å². The Balaban J connectivity index is 1.59. The van der Waals surface area contributed by atoms with Crippen LogP contribution in [0.5, 0.6) is 11.5 Å². The Kier molecular flexibility index (Phi) is 4.70. The molecule has 0 saturated heterocycles. The number of rotatable bonds is 6. The van der Waals surface area contributed by atoms with Crippen molar-refractivity contribution in [2.24, 2.45) is 0 Å². The summed E-state index contributed by atoms with van der Waals surface area (Å²) in [5, 5.41) is 10.4. The van der Waals surface area contributed by atoms with Crippen molar-refractivity contribution >= 4 is 26.9 Å². The SMILES string of the molecule is O=C(O)[C@H](Cc1c[nH]c2ccccc12)NS(=O)(=O)c1ccc2c(c1)OCCO2. The summed E-state index contributed by atoms with van der Waals surface area (Å²) >= 11 is 0. The van der Waals surface area contributed by atoms with Crippen LogP contribution in [0.4, 0.5) is 0 Å². The van der Waals surface area contributed by atoms with E-state index >= 15 is 0 Å². The van der Waals surface area contributed by atoms with Crippen molar-refractivity contribution in [3.63, 3.8) is 0 Å². The first-order valence-corrected chi connectivity index (χ1v) is 10.1. The van der Waals surface area contributed by atoms with E-state index in [1.54, 1.807) is 6.20 Å². The van der Waals surface area contributed by atoms with Gasteiger partial charge in [-0.25, -0.2) is 8.42 Å². The number of sulfonamides is 1. The Hall–Kier alpha value is -3.04. The minimum absolute atomic E-state index is 0.00310. The minimum Gasteiger partial charge on any atom is -0.486 e. The highest BCUT2D eigenvalue weighted by molar-refractivity contribution is 7.89. The Morgan fingerprint density at radius 1 is 1.14 bits per heavy atom. The van der Waals surface area contributed by atoms with E-state index in [0.717, 1.165) is 10.9 Å². The normalized spacial score (nSPS) is 14.7. The summed E-state index contributed by atoms with van der Waals surface area (Å²) in [5.74, 6) is -0.484. The molecule has 0 saturated carbocycles. The molecule has 9 heteroatoms. The number of ether oxygens (including phenoxy) is 2. The maximum Gasteiger partial charge on any atom is 0.322 e. The van der Waals surface area contributed by atoms with Gasteiger partial charge in [-0.05, 0) is 23.8 Å². The number of carboxylic acid groups (broad SMARTS) is 1. The molecule has 146 valence electrons. The van der Waals surface area contributed by atoms with Crippen LogP contribution < -0.4 is 14.2 Å². The quantitative estimate of drug-likeness (QED) is 0.580. The number of benzene rings is 2. The van der Waals surface area contributed by atoms with Crippen molar-refractivity contribution in [2.75, 3.05) is 13.2 Å². The lowest BCUT2D eigenvalue weighted by molar-refractivity contribution is -0.138. The molecule has 4 rings (SSSR count). The topological polar surface area (TPSA) is 118 Å². The molecule has 2 heterocycles. The average molecular weight is 402 g/mol. The third-order valence-corrected chi connectivity index (χ3v) is 5.99. The van der Waals surface area contributed by atoms with Gasteiger partial charge in [0.1, 0.15) is 19.3 Å². The molecular formula is C19H18N2O6S. The smallest absolute Gasteiger partial charge is 0.322 e. The van der Waals surface area contributed by atoms with Gasteiger partial charge in [0.2, 0.25) is 10.0 Å². The summed E-state index contributed by atoms with van der Waals surface area (Å²) in [5.41, 5.74) is 1.57. The number of hydrogen-bond donors (Lipinski definition) is 3. The van der Waals surface area contributed by atoms with Gasteiger partial charge < -0.3 is 19.6 Å². The second-order valence-corrected chi connectivity index (χ2v) is 8.10. The van der Waals surface area contributed by atoms with Gasteiger partial charge in [-0.15, -0.1) is 0 Å². The molecule has 0 bridgehead atoms. The van der Waals surface area contributed by atoms with Crippen LogP contribution in [0.3, 0.4) is 0 Å². The first kappa shape index (κ1) is 18.3. The van der Waals surface area contributed by atoms with E-state index in [0.29, 0.717) is 30.3 Å². The highest BCUT2D eigenvalue weighted by Crippen LogP contribution is 2.32. The van der Waals surface area contributed by atoms with Crippen LogP contribution in [0.25, 0.3) is 10.9 Å². The van der Waals surface area contributed by atoms with Crippen LogP contribution in [0.2, 0.25) is 0 Å². The van der Waals surface area contributed by atoms with Crippen LogP contribution in [-0.4, -0.2) is 43.7 Å². The molecule has 3 aromatic rings. The van der Waals surface area contributed by atoms with E-state index in [2.05, 4.69) is 9.71 Å². The Labute approximate surface area is 161 Å². The lowest BCUT2D eigenvalue weighted by Gasteiger charge is -2.19. The summed E-state index contributed by atoms with van der Waals surface area (Å²) in [6.45, 7) is 0.714. The van der Waals surface area contributed by atoms with Crippen molar-refractivity contribution in [1.29, 1.82) is 0 Å². The molecule has 1 atom stereocenters. The minimum atomic E-state index is -4.07. The maximum atomic E-state index is 12.7. The molecular weight excluding hydrogens is 384 g/mol. The predicted octanol–water partition coefficient (Wildman–Crippen LogP) is 1.91. The van der Waals surface area contributed by atoms with Crippen molar-refractivity contribution in [2.45, 2.75) is 17.4 Å². The summed E-state index contributed by atoms with van der Waals surface area (Å²) in [7, 11) is -4.07. The largest absolute Gasteiger partial charge is 0.486 e. The summed E-state index contributed by atoms with van der Waals surface area (Å²) in [6, 6.07) is 10.3. The molecule has 0 radical (unpaired) electrons. The molecule has 28 heavy (non-hydrogen) atoms. The number of H-pyrrole nitrogens is 1. The summed E-state index contributed by atoms with van der Waals surface area (Å²) in [4.78, 5) is 14.7. The maximum absolute atomic E-state index is 12.7. The lowest BCUT2D eigenvalue weighted by Crippen LogP contribution is -2.42. The third kappa shape index (κ3) is 3.54. The van der Waals surface area contributed by atoms with Crippen LogP contribution in [0.1, 0.15) is 5.56 Å². The summed E-state index contributed by atoms with van der Waals surface area (Å²) < 4.78 is 38.6. The number of fused-ring (bicyclic) bond motifs is 2. The molecule has 0 fully saturated rings. The predicted molar refractivity (Wildman–Crippen MR) is 101 cm³/mol. The highest BCUT2D eigenvalue weighted by Gasteiger charge is 2.27. The van der Waals surface area contributed by atoms with Crippen LogP contribution in [0, 0.1) is 0 Å². The average Bonchev–Trinajstić information content (AvgIpc) is 3.10. The fourth-order valence-corrected chi connectivity index (χ4v) is 4.35. The number of carbonyl (C=O) groups is 1. The number of hydrogen-bond acceptors (Lipinski definition) is 5. The fraction of sp³-hybridized carbons (Fsp3) is 0.211. The second-order valence-electron chi connectivity index (χ2n) is 6.38. The van der Waals surface area contributed by atoms with E-state index < -0.39 is 22.0 Å². The van der Waals surface area contributed by atoms with Crippen LogP contribution in [0.15, 0.2) is 53.6 Å². The molecule has 0 unspecified atom stereocenters. The van der Waals surface area contributed by atoms with Gasteiger partial charge in [0.05, 0.1) is 4.90 Å². The first-order valence-electron chi connectivity index (χ1n) is 8.64. The van der Waals surface area contributed by atoms with E-state index in [1.165, 1.54) is 18.2 Å². The fourth-order valence-electron chi connectivity index (χ4n) is 3.15. The first-order chi connectivity index (χ1) is 13.4. The van der Waals surface area contributed by atoms with E-state index in [1.807, 2.05) is 24.3 Å². The molecule has 0 spiro atoms. The molecule has 2 aromatic carbocycles. The third-order valence-electron chi connectivity index (χ3n) is 4.52. The number of aromatic nitrogens is 1. The molecule has 3 N–H and O–H groups in total. The van der Waals surface area contributed by atoms with E-state index in [4.69, 9.17) is 9.47 Å². The number of carboxylic acids is 1. The van der Waals surface area contributed by atoms with Gasteiger partial charge in [-0.2, -0.15) is 4.72 Å². The second kappa shape index (κ2) is 7.17. The standard InChI is InChI=1S/C19H18N2O6S/c22-19(23)16(9-12-11-20-15-4-2-1-3-14(12)15)21-28(24,25)13-5-6-17-18(10-13)27-8-7-26-17/h1-6,10-11,16,20-21H,7-9H2,(H,22,23)/t16-/m0/s1.